The number of aryl methyl sites for hydroxylation is 2. The minimum absolute atomic E-state index is 0.906. The van der Waals surface area contributed by atoms with Crippen LogP contribution in [-0.4, -0.2) is 4.98 Å². The van der Waals surface area contributed by atoms with E-state index in [2.05, 4.69) is 54.5 Å². The molecule has 0 aliphatic rings. The number of nitrogens with one attached hydrogen (secondary N) is 1. The van der Waals surface area contributed by atoms with Gasteiger partial charge in [-0.3, -0.25) is 0 Å². The van der Waals surface area contributed by atoms with Crippen molar-refractivity contribution in [2.24, 2.45) is 0 Å². The van der Waals surface area contributed by atoms with Gasteiger partial charge in [-0.05, 0) is 42.2 Å². The van der Waals surface area contributed by atoms with Gasteiger partial charge >= 0.3 is 0 Å². The largest absolute Gasteiger partial charge is 0.340 e. The lowest BCUT2D eigenvalue weighted by Gasteiger charge is -2.07. The molecule has 0 aliphatic carbocycles. The van der Waals surface area contributed by atoms with Gasteiger partial charge in [0, 0.05) is 11.9 Å². The summed E-state index contributed by atoms with van der Waals surface area (Å²) in [6.07, 6.45) is 6.54. The zero-order chi connectivity index (χ0) is 13.5. The van der Waals surface area contributed by atoms with Crippen LogP contribution < -0.4 is 5.32 Å². The molecule has 100 valence electrons. The minimum Gasteiger partial charge on any atom is -0.340 e. The third-order valence-corrected chi connectivity index (χ3v) is 3.13. The zero-order valence-electron chi connectivity index (χ0n) is 11.8. The van der Waals surface area contributed by atoms with E-state index in [0.717, 1.165) is 30.8 Å². The smallest absolute Gasteiger partial charge is 0.130 e. The Morgan fingerprint density at radius 3 is 2.05 bits per heavy atom. The molecular weight excluding hydrogens is 232 g/mol. The van der Waals surface area contributed by atoms with Crippen LogP contribution in [0.25, 0.3) is 0 Å². The Labute approximate surface area is 115 Å². The molecule has 2 heteroatoms. The van der Waals surface area contributed by atoms with Gasteiger partial charge in [-0.15, -0.1) is 0 Å². The summed E-state index contributed by atoms with van der Waals surface area (Å²) in [6, 6.07) is 12.8. The Morgan fingerprint density at radius 2 is 1.47 bits per heavy atom. The molecule has 1 heterocycles. The summed E-state index contributed by atoms with van der Waals surface area (Å²) in [5.74, 6) is 0.906. The highest BCUT2D eigenvalue weighted by atomic mass is 15.0. The van der Waals surface area contributed by atoms with Crippen molar-refractivity contribution in [3.05, 3.63) is 53.7 Å². The van der Waals surface area contributed by atoms with Crippen molar-refractivity contribution >= 4 is 11.5 Å². The minimum atomic E-state index is 0.906. The summed E-state index contributed by atoms with van der Waals surface area (Å²) in [7, 11) is 0. The third-order valence-electron chi connectivity index (χ3n) is 3.13. The first-order valence-corrected chi connectivity index (χ1v) is 7.12. The Hall–Kier alpha value is -1.83. The molecule has 1 aromatic heterocycles. The Bertz CT molecular complexity index is 438. The first-order chi connectivity index (χ1) is 9.31. The normalized spacial score (nSPS) is 10.4. The molecule has 0 unspecified atom stereocenters. The van der Waals surface area contributed by atoms with Gasteiger partial charge < -0.3 is 5.32 Å². The van der Waals surface area contributed by atoms with E-state index in [-0.39, 0.29) is 0 Å². The molecule has 19 heavy (non-hydrogen) atoms. The Balaban J connectivity index is 1.99. The second-order valence-electron chi connectivity index (χ2n) is 4.87. The number of rotatable bonds is 6. The summed E-state index contributed by atoms with van der Waals surface area (Å²) >= 11 is 0. The fourth-order valence-electron chi connectivity index (χ4n) is 2.13. The summed E-state index contributed by atoms with van der Waals surface area (Å²) in [5.41, 5.74) is 3.78. The maximum absolute atomic E-state index is 4.44. The number of nitrogens with zero attached hydrogens (tertiary/aromatic N) is 1. The van der Waals surface area contributed by atoms with Crippen LogP contribution >= 0.6 is 0 Å². The van der Waals surface area contributed by atoms with E-state index in [1.165, 1.54) is 17.5 Å². The van der Waals surface area contributed by atoms with Crippen LogP contribution in [0.4, 0.5) is 11.5 Å². The molecule has 0 bridgehead atoms. The van der Waals surface area contributed by atoms with Gasteiger partial charge in [-0.2, -0.15) is 0 Å². The van der Waals surface area contributed by atoms with E-state index in [0.29, 0.717) is 0 Å². The predicted molar refractivity (Wildman–Crippen MR) is 82.0 cm³/mol. The Kier molecular flexibility index (Phi) is 4.96. The monoisotopic (exact) mass is 254 g/mol. The van der Waals surface area contributed by atoms with Crippen LogP contribution in [-0.2, 0) is 12.8 Å². The second kappa shape index (κ2) is 6.93. The molecule has 1 aromatic carbocycles. The van der Waals surface area contributed by atoms with Gasteiger partial charge in [0.05, 0.1) is 0 Å². The highest BCUT2D eigenvalue weighted by Crippen LogP contribution is 2.16. The van der Waals surface area contributed by atoms with Crippen LogP contribution in [0.1, 0.15) is 37.8 Å². The van der Waals surface area contributed by atoms with Gasteiger partial charge in [-0.1, -0.05) is 44.9 Å². The van der Waals surface area contributed by atoms with Gasteiger partial charge in [0.25, 0.3) is 0 Å². The van der Waals surface area contributed by atoms with Crippen LogP contribution in [0.3, 0.4) is 0 Å². The van der Waals surface area contributed by atoms with Gasteiger partial charge in [0.1, 0.15) is 5.82 Å². The lowest BCUT2D eigenvalue weighted by molar-refractivity contribution is 0.914. The number of pyridine rings is 1. The van der Waals surface area contributed by atoms with Crippen molar-refractivity contribution in [1.29, 1.82) is 0 Å². The van der Waals surface area contributed by atoms with E-state index < -0.39 is 0 Å². The number of hydrogen-bond acceptors (Lipinski definition) is 2. The first kappa shape index (κ1) is 13.6. The van der Waals surface area contributed by atoms with Gasteiger partial charge in [0.15, 0.2) is 0 Å². The molecule has 0 aliphatic heterocycles. The third kappa shape index (κ3) is 4.09. The maximum Gasteiger partial charge on any atom is 0.130 e. The average Bonchev–Trinajstić information content (AvgIpc) is 2.44. The summed E-state index contributed by atoms with van der Waals surface area (Å²) < 4.78 is 0. The summed E-state index contributed by atoms with van der Waals surface area (Å²) in [5, 5.41) is 3.33. The second-order valence-corrected chi connectivity index (χ2v) is 4.87. The molecule has 0 atom stereocenters. The molecule has 0 spiro atoms. The molecular formula is C17H22N2. The first-order valence-electron chi connectivity index (χ1n) is 7.12. The van der Waals surface area contributed by atoms with Crippen molar-refractivity contribution in [2.75, 3.05) is 5.32 Å². The summed E-state index contributed by atoms with van der Waals surface area (Å²) in [4.78, 5) is 4.44. The van der Waals surface area contributed by atoms with Crippen molar-refractivity contribution < 1.29 is 0 Å². The number of hydrogen-bond donors (Lipinski definition) is 1. The molecule has 0 fully saturated rings. The lowest BCUT2D eigenvalue weighted by atomic mass is 10.1. The van der Waals surface area contributed by atoms with E-state index >= 15 is 0 Å². The SMILES string of the molecule is CCCc1ccc(Nc2ccc(CCC)cn2)cc1. The predicted octanol–water partition coefficient (Wildman–Crippen LogP) is 4.73. The van der Waals surface area contributed by atoms with E-state index in [4.69, 9.17) is 0 Å². The maximum atomic E-state index is 4.44. The fourth-order valence-corrected chi connectivity index (χ4v) is 2.13. The standard InChI is InChI=1S/C17H22N2/c1-3-5-14-7-10-16(11-8-14)19-17-12-9-15(6-4-2)13-18-17/h7-13H,3-6H2,1-2H3,(H,18,19). The molecule has 0 saturated carbocycles. The van der Waals surface area contributed by atoms with E-state index in [1.54, 1.807) is 0 Å². The summed E-state index contributed by atoms with van der Waals surface area (Å²) in [6.45, 7) is 4.39. The average molecular weight is 254 g/mol. The topological polar surface area (TPSA) is 24.9 Å². The fraction of sp³-hybridized carbons (Fsp3) is 0.353. The van der Waals surface area contributed by atoms with Crippen molar-refractivity contribution in [1.82, 2.24) is 4.98 Å². The molecule has 2 rings (SSSR count). The highest BCUT2D eigenvalue weighted by molar-refractivity contribution is 5.56. The molecule has 1 N–H and O–H groups in total. The zero-order valence-corrected chi connectivity index (χ0v) is 11.8. The molecule has 2 nitrogen and oxygen atoms in total. The molecule has 0 amide bonds. The number of anilines is 2. The van der Waals surface area contributed by atoms with Crippen molar-refractivity contribution in [3.63, 3.8) is 0 Å². The van der Waals surface area contributed by atoms with Crippen LogP contribution in [0, 0.1) is 0 Å². The van der Waals surface area contributed by atoms with Crippen molar-refractivity contribution in [3.8, 4) is 0 Å². The number of aromatic nitrogens is 1. The van der Waals surface area contributed by atoms with Gasteiger partial charge in [-0.25, -0.2) is 4.98 Å². The van der Waals surface area contributed by atoms with Crippen LogP contribution in [0.5, 0.6) is 0 Å². The van der Waals surface area contributed by atoms with Crippen LogP contribution in [0.15, 0.2) is 42.6 Å². The molecule has 2 aromatic rings. The Morgan fingerprint density at radius 1 is 0.842 bits per heavy atom. The van der Waals surface area contributed by atoms with E-state index in [9.17, 15) is 0 Å². The quantitative estimate of drug-likeness (QED) is 0.806. The van der Waals surface area contributed by atoms with Crippen LogP contribution in [0.2, 0.25) is 0 Å². The van der Waals surface area contributed by atoms with Gasteiger partial charge in [0.2, 0.25) is 0 Å². The number of benzene rings is 1. The highest BCUT2D eigenvalue weighted by Gasteiger charge is 1.98. The lowest BCUT2D eigenvalue weighted by Crippen LogP contribution is -1.95. The van der Waals surface area contributed by atoms with Crippen molar-refractivity contribution in [2.45, 2.75) is 39.5 Å². The molecule has 0 radical (unpaired) electrons. The molecule has 0 saturated heterocycles. The van der Waals surface area contributed by atoms with E-state index in [1.807, 2.05) is 12.3 Å².